The largest absolute Gasteiger partial charge is 0.370 e. The topological polar surface area (TPSA) is 37.8 Å². The maximum atomic E-state index is 5.94. The number of aromatic nitrogens is 2. The maximum absolute atomic E-state index is 5.94. The van der Waals surface area contributed by atoms with Crippen LogP contribution in [0.2, 0.25) is 4.34 Å². The molecule has 17 heavy (non-hydrogen) atoms. The van der Waals surface area contributed by atoms with E-state index in [1.807, 2.05) is 18.2 Å². The Kier molecular flexibility index (Phi) is 3.97. The molecule has 2 aromatic heterocycles. The molecule has 0 bridgehead atoms. The van der Waals surface area contributed by atoms with Gasteiger partial charge in [-0.15, -0.1) is 11.3 Å². The summed E-state index contributed by atoms with van der Waals surface area (Å²) >= 11 is 7.48. The molecule has 0 aliphatic heterocycles. The van der Waals surface area contributed by atoms with Gasteiger partial charge in [0, 0.05) is 19.0 Å². The first kappa shape index (κ1) is 12.3. The lowest BCUT2D eigenvalue weighted by Crippen LogP contribution is -2.03. The lowest BCUT2D eigenvalue weighted by molar-refractivity contribution is 0.940. The smallest absolute Gasteiger partial charge is 0.131 e. The molecule has 0 atom stereocenters. The Labute approximate surface area is 110 Å². The van der Waals surface area contributed by atoms with Gasteiger partial charge in [0.25, 0.3) is 0 Å². The van der Waals surface area contributed by atoms with E-state index < -0.39 is 0 Å². The number of aryl methyl sites for hydroxylation is 1. The second-order valence-corrected chi connectivity index (χ2v) is 5.26. The van der Waals surface area contributed by atoms with Gasteiger partial charge in [-0.1, -0.05) is 18.5 Å². The Morgan fingerprint density at radius 3 is 2.71 bits per heavy atom. The van der Waals surface area contributed by atoms with Crippen LogP contribution in [0.5, 0.6) is 0 Å². The standard InChI is InChI=1S/C12H14ClN3S/c1-3-11-15-8(7-12(16-11)14-4-2)9-5-6-10(13)17-9/h5-7H,3-4H2,1-2H3,(H,14,15,16). The minimum Gasteiger partial charge on any atom is -0.370 e. The first-order valence-corrected chi connectivity index (χ1v) is 6.80. The van der Waals surface area contributed by atoms with Crippen molar-refractivity contribution in [2.45, 2.75) is 20.3 Å². The van der Waals surface area contributed by atoms with Crippen LogP contribution in [0.15, 0.2) is 18.2 Å². The van der Waals surface area contributed by atoms with Crippen LogP contribution in [-0.2, 0) is 6.42 Å². The number of hydrogen-bond acceptors (Lipinski definition) is 4. The Balaban J connectivity index is 2.42. The third kappa shape index (κ3) is 2.96. The summed E-state index contributed by atoms with van der Waals surface area (Å²) in [5.41, 5.74) is 0.935. The van der Waals surface area contributed by atoms with E-state index in [-0.39, 0.29) is 0 Å². The molecule has 5 heteroatoms. The average molecular weight is 268 g/mol. The third-order valence-electron chi connectivity index (χ3n) is 2.27. The van der Waals surface area contributed by atoms with Gasteiger partial charge in [0.15, 0.2) is 0 Å². The van der Waals surface area contributed by atoms with Crippen LogP contribution in [0, 0.1) is 0 Å². The quantitative estimate of drug-likeness (QED) is 0.914. The van der Waals surface area contributed by atoms with Gasteiger partial charge in [-0.25, -0.2) is 9.97 Å². The molecule has 2 rings (SSSR count). The zero-order chi connectivity index (χ0) is 12.3. The Hall–Kier alpha value is -1.13. The second kappa shape index (κ2) is 5.47. The highest BCUT2D eigenvalue weighted by molar-refractivity contribution is 7.19. The van der Waals surface area contributed by atoms with E-state index in [2.05, 4.69) is 29.1 Å². The number of halogens is 1. The van der Waals surface area contributed by atoms with Gasteiger partial charge in [-0.05, 0) is 19.1 Å². The fraction of sp³-hybridized carbons (Fsp3) is 0.333. The van der Waals surface area contributed by atoms with Gasteiger partial charge in [0.2, 0.25) is 0 Å². The van der Waals surface area contributed by atoms with Crippen molar-refractivity contribution in [1.29, 1.82) is 0 Å². The molecule has 0 spiro atoms. The van der Waals surface area contributed by atoms with Crippen LogP contribution in [0.3, 0.4) is 0 Å². The number of hydrogen-bond donors (Lipinski definition) is 1. The van der Waals surface area contributed by atoms with E-state index in [1.165, 1.54) is 11.3 Å². The number of anilines is 1. The van der Waals surface area contributed by atoms with Crippen molar-refractivity contribution in [2.24, 2.45) is 0 Å². The van der Waals surface area contributed by atoms with Crippen LogP contribution < -0.4 is 5.32 Å². The molecule has 90 valence electrons. The summed E-state index contributed by atoms with van der Waals surface area (Å²) in [5, 5.41) is 3.22. The molecule has 1 N–H and O–H groups in total. The number of thiophene rings is 1. The highest BCUT2D eigenvalue weighted by Crippen LogP contribution is 2.30. The summed E-state index contributed by atoms with van der Waals surface area (Å²) in [6, 6.07) is 5.84. The summed E-state index contributed by atoms with van der Waals surface area (Å²) in [7, 11) is 0. The molecule has 3 nitrogen and oxygen atoms in total. The summed E-state index contributed by atoms with van der Waals surface area (Å²) < 4.78 is 0.779. The monoisotopic (exact) mass is 267 g/mol. The maximum Gasteiger partial charge on any atom is 0.131 e. The summed E-state index contributed by atoms with van der Waals surface area (Å²) in [4.78, 5) is 10.0. The number of nitrogens with one attached hydrogen (secondary N) is 1. The van der Waals surface area contributed by atoms with Crippen molar-refractivity contribution in [3.05, 3.63) is 28.4 Å². The molecule has 0 saturated carbocycles. The molecule has 2 heterocycles. The zero-order valence-corrected chi connectivity index (χ0v) is 11.4. The molecule has 0 unspecified atom stereocenters. The molecular formula is C12H14ClN3S. The minimum absolute atomic E-state index is 0.779. The first-order chi connectivity index (χ1) is 8.22. The van der Waals surface area contributed by atoms with Crippen molar-refractivity contribution in [1.82, 2.24) is 9.97 Å². The molecular weight excluding hydrogens is 254 g/mol. The Morgan fingerprint density at radius 1 is 1.29 bits per heavy atom. The van der Waals surface area contributed by atoms with E-state index in [4.69, 9.17) is 11.6 Å². The average Bonchev–Trinajstić information content (AvgIpc) is 2.76. The predicted molar refractivity (Wildman–Crippen MR) is 73.9 cm³/mol. The zero-order valence-electron chi connectivity index (χ0n) is 9.83. The highest BCUT2D eigenvalue weighted by Gasteiger charge is 2.07. The van der Waals surface area contributed by atoms with E-state index in [9.17, 15) is 0 Å². The number of rotatable bonds is 4. The Morgan fingerprint density at radius 2 is 2.12 bits per heavy atom. The summed E-state index contributed by atoms with van der Waals surface area (Å²) in [6.45, 7) is 4.95. The lowest BCUT2D eigenvalue weighted by Gasteiger charge is -2.06. The van der Waals surface area contributed by atoms with E-state index in [0.29, 0.717) is 0 Å². The fourth-order valence-corrected chi connectivity index (χ4v) is 2.51. The first-order valence-electron chi connectivity index (χ1n) is 5.60. The summed E-state index contributed by atoms with van der Waals surface area (Å²) in [6.07, 6.45) is 0.825. The van der Waals surface area contributed by atoms with Crippen LogP contribution in [-0.4, -0.2) is 16.5 Å². The Bertz CT molecular complexity index is 510. The molecule has 0 amide bonds. The number of nitrogens with zero attached hydrogens (tertiary/aromatic N) is 2. The molecule has 0 aliphatic carbocycles. The lowest BCUT2D eigenvalue weighted by atomic mass is 10.3. The highest BCUT2D eigenvalue weighted by atomic mass is 35.5. The van der Waals surface area contributed by atoms with Crippen molar-refractivity contribution >= 4 is 28.8 Å². The van der Waals surface area contributed by atoms with Crippen molar-refractivity contribution in [2.75, 3.05) is 11.9 Å². The SMILES string of the molecule is CCNc1cc(-c2ccc(Cl)s2)nc(CC)n1. The van der Waals surface area contributed by atoms with Gasteiger partial charge in [0.1, 0.15) is 11.6 Å². The molecule has 0 saturated heterocycles. The predicted octanol–water partition coefficient (Wildman–Crippen LogP) is 3.85. The summed E-state index contributed by atoms with van der Waals surface area (Å²) in [5.74, 6) is 1.72. The van der Waals surface area contributed by atoms with Crippen LogP contribution >= 0.6 is 22.9 Å². The van der Waals surface area contributed by atoms with Gasteiger partial charge >= 0.3 is 0 Å². The van der Waals surface area contributed by atoms with Gasteiger partial charge in [-0.3, -0.25) is 0 Å². The van der Waals surface area contributed by atoms with Crippen LogP contribution in [0.25, 0.3) is 10.6 Å². The second-order valence-electron chi connectivity index (χ2n) is 3.54. The third-order valence-corrected chi connectivity index (χ3v) is 3.53. The molecule has 0 aliphatic rings. The normalized spacial score (nSPS) is 10.5. The molecule has 0 fully saturated rings. The van der Waals surface area contributed by atoms with Crippen LogP contribution in [0.1, 0.15) is 19.7 Å². The van der Waals surface area contributed by atoms with Crippen molar-refractivity contribution < 1.29 is 0 Å². The van der Waals surface area contributed by atoms with Crippen molar-refractivity contribution in [3.8, 4) is 10.6 Å². The molecule has 2 aromatic rings. The van der Waals surface area contributed by atoms with Crippen LogP contribution in [0.4, 0.5) is 5.82 Å². The van der Waals surface area contributed by atoms with Gasteiger partial charge < -0.3 is 5.32 Å². The van der Waals surface area contributed by atoms with E-state index >= 15 is 0 Å². The molecule has 0 radical (unpaired) electrons. The van der Waals surface area contributed by atoms with Gasteiger partial charge in [0.05, 0.1) is 14.9 Å². The van der Waals surface area contributed by atoms with Gasteiger partial charge in [-0.2, -0.15) is 0 Å². The molecule has 0 aromatic carbocycles. The van der Waals surface area contributed by atoms with Crippen molar-refractivity contribution in [3.63, 3.8) is 0 Å². The minimum atomic E-state index is 0.779. The fourth-order valence-electron chi connectivity index (χ4n) is 1.51. The van der Waals surface area contributed by atoms with E-state index in [0.717, 1.165) is 39.5 Å². The van der Waals surface area contributed by atoms with E-state index in [1.54, 1.807) is 0 Å².